The Kier molecular flexibility index (Phi) is 15.8. The predicted molar refractivity (Wildman–Crippen MR) is 294 cm³/mol. The summed E-state index contributed by atoms with van der Waals surface area (Å²) in [5.74, 6) is 0.259. The van der Waals surface area contributed by atoms with E-state index in [-0.39, 0.29) is 78.8 Å². The molecule has 5 aliphatic rings. The Balaban J connectivity index is 0.589. The molecule has 2 unspecified atom stereocenters. The van der Waals surface area contributed by atoms with E-state index in [4.69, 9.17) is 24.5 Å². The summed E-state index contributed by atoms with van der Waals surface area (Å²) >= 11 is 1.53. The second kappa shape index (κ2) is 23.2. The van der Waals surface area contributed by atoms with E-state index in [1.807, 2.05) is 64.2 Å². The van der Waals surface area contributed by atoms with Crippen molar-refractivity contribution in [2.24, 2.45) is 5.92 Å². The summed E-state index contributed by atoms with van der Waals surface area (Å²) < 4.78 is 24.7. The fraction of sp³-hybridized carbons (Fsp3) is 0.509. The van der Waals surface area contributed by atoms with Gasteiger partial charge >= 0.3 is 0 Å². The van der Waals surface area contributed by atoms with Gasteiger partial charge in [0.2, 0.25) is 17.7 Å². The highest BCUT2D eigenvalue weighted by Gasteiger charge is 2.45. The summed E-state index contributed by atoms with van der Waals surface area (Å²) in [5.41, 5.74) is 13.9. The van der Waals surface area contributed by atoms with Crippen LogP contribution in [0.4, 0.5) is 17.2 Å². The summed E-state index contributed by atoms with van der Waals surface area (Å²) in [4.78, 5) is 48.7. The Morgan fingerprint density at radius 1 is 0.872 bits per heavy atom. The number of nitrogens with one attached hydrogen (secondary N) is 2. The lowest BCUT2D eigenvalue weighted by Gasteiger charge is -2.43. The lowest BCUT2D eigenvalue weighted by atomic mass is 9.89. The number of pyridine rings is 2. The zero-order valence-corrected chi connectivity index (χ0v) is 45.4. The van der Waals surface area contributed by atoms with E-state index < -0.39 is 18.1 Å². The molecular weight excluding hydrogens is 1010 g/mol. The lowest BCUT2D eigenvalue weighted by molar-refractivity contribution is -0.141. The van der Waals surface area contributed by atoms with Gasteiger partial charge in [-0.3, -0.25) is 14.6 Å². The van der Waals surface area contributed by atoms with E-state index in [1.165, 1.54) is 16.2 Å². The number of anilines is 3. The van der Waals surface area contributed by atoms with Gasteiger partial charge in [-0.25, -0.2) is 9.97 Å². The molecule has 6 aromatic rings. The quantitative estimate of drug-likeness (QED) is 0.0513. The molecule has 2 bridgehead atoms. The van der Waals surface area contributed by atoms with Crippen molar-refractivity contribution in [3.63, 3.8) is 0 Å². The number of thiazole rings is 1. The van der Waals surface area contributed by atoms with Crippen LogP contribution in [0.1, 0.15) is 108 Å². The zero-order chi connectivity index (χ0) is 54.0. The number of carbonyl (C=O) groups excluding carboxylic acids is 2. The maximum absolute atomic E-state index is 14.2. The van der Waals surface area contributed by atoms with E-state index in [0.29, 0.717) is 47.9 Å². The topological polar surface area (TPSA) is 253 Å². The minimum absolute atomic E-state index is 0.0405. The number of aromatic nitrogens is 6. The number of aromatic hydroxyl groups is 1. The van der Waals surface area contributed by atoms with Crippen molar-refractivity contribution in [3.8, 4) is 39.3 Å². The van der Waals surface area contributed by atoms with Crippen molar-refractivity contribution in [3.05, 3.63) is 95.6 Å². The number of carbonyl (C=O) groups is 2. The highest BCUT2D eigenvalue weighted by molar-refractivity contribution is 7.13. The largest absolute Gasteiger partial charge is 0.507 e. The highest BCUT2D eigenvalue weighted by atomic mass is 32.1. The van der Waals surface area contributed by atoms with Crippen LogP contribution in [0.25, 0.3) is 21.8 Å². The van der Waals surface area contributed by atoms with Gasteiger partial charge in [-0.2, -0.15) is 0 Å². The molecule has 2 saturated carbocycles. The molecule has 2 amide bonds. The van der Waals surface area contributed by atoms with Gasteiger partial charge in [0, 0.05) is 99.3 Å². The third-order valence-electron chi connectivity index (χ3n) is 16.2. The Bertz CT molecular complexity index is 3020. The number of hydrogen-bond acceptors (Lipinski definition) is 19. The van der Waals surface area contributed by atoms with Crippen LogP contribution in [-0.2, 0) is 14.3 Å². The number of aliphatic hydroxyl groups excluding tert-OH is 1. The first-order valence-electron chi connectivity index (χ1n) is 27.5. The number of ether oxygens (including phenoxy) is 3. The van der Waals surface area contributed by atoms with Crippen LogP contribution >= 0.6 is 11.3 Å². The number of likely N-dealkylation sites (tertiary alicyclic amines) is 1. The number of nitrogens with two attached hydrogens (primary N) is 1. The number of rotatable bonds is 19. The maximum Gasteiger partial charge on any atom is 0.254 e. The molecule has 3 aliphatic heterocycles. The number of phenolic OH excluding ortho intramolecular Hbond substituents is 1. The first kappa shape index (κ1) is 53.1. The number of amides is 2. The number of β-amino-alcohol motifs (C(OH)–C–C–N with tert-alkyl or cyclic N) is 1. The molecule has 3 saturated heterocycles. The predicted octanol–water partition coefficient (Wildman–Crippen LogP) is 6.98. The third kappa shape index (κ3) is 11.6. The molecule has 11 rings (SSSR count). The summed E-state index contributed by atoms with van der Waals surface area (Å²) in [5, 5.41) is 40.5. The molecule has 0 spiro atoms. The van der Waals surface area contributed by atoms with Crippen LogP contribution in [0, 0.1) is 12.8 Å². The number of hydrogen-bond donors (Lipinski definition) is 5. The molecule has 1 aromatic carbocycles. The number of para-hydroxylation sites is 1. The SMILES string of the molecule is Cc1ncsc1-c1ccc([C@H](C)NC(=O)[C@@H]2C[C@@H](O)CN2C(=O)[C@@H](c2cc(OCCNC3CCC(OC4CC(Oc5cc(N6C7CCC6CN(c6cc(-c8ccccc8O)nnc6N)C7)ccn5)C4)CC3)no2)C(C)C)cn1. The Labute approximate surface area is 458 Å². The normalized spacial score (nSPS) is 24.7. The first-order chi connectivity index (χ1) is 37.8. The van der Waals surface area contributed by atoms with E-state index in [1.54, 1.807) is 29.9 Å². The van der Waals surface area contributed by atoms with Crippen LogP contribution in [0.15, 0.2) is 83.1 Å². The van der Waals surface area contributed by atoms with Gasteiger partial charge in [0.25, 0.3) is 5.88 Å². The summed E-state index contributed by atoms with van der Waals surface area (Å²) in [6.45, 7) is 10.3. The number of phenols is 1. The molecule has 8 heterocycles. The van der Waals surface area contributed by atoms with E-state index >= 15 is 0 Å². The number of piperazine rings is 1. The lowest BCUT2D eigenvalue weighted by Crippen LogP contribution is -2.54. The Morgan fingerprint density at radius 2 is 1.67 bits per heavy atom. The molecule has 21 heteroatoms. The number of fused-ring (bicyclic) bond motifs is 2. The van der Waals surface area contributed by atoms with E-state index in [9.17, 15) is 19.8 Å². The number of aryl methyl sites for hydroxylation is 1. The van der Waals surface area contributed by atoms with Crippen LogP contribution in [0.2, 0.25) is 0 Å². The van der Waals surface area contributed by atoms with Crippen LogP contribution in [0.5, 0.6) is 17.5 Å². The monoisotopic (exact) mass is 1080 g/mol. The van der Waals surface area contributed by atoms with Crippen molar-refractivity contribution >= 4 is 40.3 Å². The standard InChI is InChI=1S/C57H70N12O8S/c1-32(2)53(57(73)68-30-40(70)22-48(68)56(72)63-33(3)35-9-16-45(61-27-35)54-34(4)62-31-78-54)50-26-52(66-77-50)74-20-19-59-36-10-14-41(15-11-36)75-42-23-43(24-42)76-51-21-37(17-18-60-51)69-38-12-13-39(69)29-67(28-38)47-25-46(64-65-55(47)58)44-7-5-6-8-49(44)71/h5-9,16-18,21,25-27,31-33,36,38-43,48,53,59,70-71H,10-15,19-20,22-24,28-30H2,1-4H3,(H2,58,65)(H,63,72)/t33-,36?,38?,39?,40+,41?,42?,43?,48-,53+/m0/s1. The van der Waals surface area contributed by atoms with Gasteiger partial charge in [-0.1, -0.05) is 32.0 Å². The third-order valence-corrected chi connectivity index (χ3v) is 17.2. The molecule has 2 aliphatic carbocycles. The number of benzene rings is 1. The molecule has 20 nitrogen and oxygen atoms in total. The maximum atomic E-state index is 14.2. The van der Waals surface area contributed by atoms with Crippen molar-refractivity contribution < 1.29 is 38.5 Å². The zero-order valence-electron chi connectivity index (χ0n) is 44.6. The second-order valence-electron chi connectivity index (χ2n) is 22.0. The van der Waals surface area contributed by atoms with Crippen molar-refractivity contribution in [2.75, 3.05) is 48.3 Å². The van der Waals surface area contributed by atoms with Gasteiger partial charge in [-0.05, 0) is 99.3 Å². The molecule has 78 heavy (non-hydrogen) atoms. The van der Waals surface area contributed by atoms with E-state index in [0.717, 1.165) is 97.7 Å². The van der Waals surface area contributed by atoms with Crippen molar-refractivity contribution in [1.29, 1.82) is 0 Å². The van der Waals surface area contributed by atoms with Gasteiger partial charge in [0.1, 0.15) is 30.4 Å². The first-order valence-corrected chi connectivity index (χ1v) is 28.4. The molecular formula is C57H70N12O8S. The molecule has 6 atom stereocenters. The number of aliphatic hydroxyl groups is 1. The molecule has 412 valence electrons. The average Bonchev–Trinajstić information content (AvgIpc) is 4.28. The number of nitrogens with zero attached hydrogens (tertiary/aromatic N) is 9. The van der Waals surface area contributed by atoms with Crippen molar-refractivity contribution in [2.45, 2.75) is 146 Å². The average molecular weight is 1080 g/mol. The van der Waals surface area contributed by atoms with Crippen LogP contribution in [-0.4, -0.2) is 139 Å². The minimum Gasteiger partial charge on any atom is -0.507 e. The molecule has 0 radical (unpaired) electrons. The second-order valence-corrected chi connectivity index (χ2v) is 22.8. The molecule has 6 N–H and O–H groups in total. The van der Waals surface area contributed by atoms with Crippen LogP contribution < -0.4 is 35.6 Å². The fourth-order valence-corrected chi connectivity index (χ4v) is 12.8. The Morgan fingerprint density at radius 3 is 2.40 bits per heavy atom. The fourth-order valence-electron chi connectivity index (χ4n) is 12.0. The van der Waals surface area contributed by atoms with Gasteiger partial charge in [-0.15, -0.1) is 21.5 Å². The highest BCUT2D eigenvalue weighted by Crippen LogP contribution is 2.41. The van der Waals surface area contributed by atoms with Crippen LogP contribution in [0.3, 0.4) is 0 Å². The van der Waals surface area contributed by atoms with Gasteiger partial charge in [0.15, 0.2) is 11.6 Å². The van der Waals surface area contributed by atoms with Gasteiger partial charge < -0.3 is 60.0 Å². The van der Waals surface area contributed by atoms with E-state index in [2.05, 4.69) is 62.9 Å². The molecule has 5 fully saturated rings. The van der Waals surface area contributed by atoms with Crippen molar-refractivity contribution in [1.82, 2.24) is 45.8 Å². The Hall–Kier alpha value is -6.94. The summed E-state index contributed by atoms with van der Waals surface area (Å²) in [7, 11) is 0. The summed E-state index contributed by atoms with van der Waals surface area (Å²) in [6.07, 6.45) is 11.1. The van der Waals surface area contributed by atoms with Gasteiger partial charge in [0.05, 0.1) is 57.5 Å². The number of nitrogen functional groups attached to an aromatic ring is 1. The smallest absolute Gasteiger partial charge is 0.254 e. The molecule has 5 aromatic heterocycles. The minimum atomic E-state index is -0.849. The summed E-state index contributed by atoms with van der Waals surface area (Å²) in [6, 6.07) is 18.4.